The Morgan fingerprint density at radius 3 is 2.92 bits per heavy atom. The Balaban J connectivity index is 1.36. The van der Waals surface area contributed by atoms with Crippen LogP contribution in [0, 0.1) is 17.8 Å². The smallest absolute Gasteiger partial charge is 0.222 e. The van der Waals surface area contributed by atoms with E-state index in [1.165, 1.54) is 18.4 Å². The summed E-state index contributed by atoms with van der Waals surface area (Å²) in [6.07, 6.45) is 4.27. The van der Waals surface area contributed by atoms with Crippen LogP contribution in [0.3, 0.4) is 0 Å². The molecule has 138 valence electrons. The van der Waals surface area contributed by atoms with Gasteiger partial charge in [0.1, 0.15) is 0 Å². The number of piperidine rings is 1. The molecule has 0 aliphatic carbocycles. The van der Waals surface area contributed by atoms with Crippen molar-refractivity contribution in [2.75, 3.05) is 32.8 Å². The molecule has 1 N–H and O–H groups in total. The van der Waals surface area contributed by atoms with Crippen LogP contribution in [0.1, 0.15) is 38.2 Å². The van der Waals surface area contributed by atoms with Crippen molar-refractivity contribution in [2.45, 2.75) is 39.2 Å². The van der Waals surface area contributed by atoms with Crippen LogP contribution in [0.2, 0.25) is 0 Å². The van der Waals surface area contributed by atoms with Gasteiger partial charge < -0.3 is 15.0 Å². The van der Waals surface area contributed by atoms with Gasteiger partial charge in [0.15, 0.2) is 0 Å². The molecule has 1 aromatic carbocycles. The van der Waals surface area contributed by atoms with Gasteiger partial charge in [-0.25, -0.2) is 0 Å². The molecular formula is C21H32N2O2. The minimum atomic E-state index is 0.337. The van der Waals surface area contributed by atoms with Crippen LogP contribution in [-0.4, -0.2) is 43.6 Å². The minimum Gasteiger partial charge on any atom is -0.376 e. The third-order valence-electron chi connectivity index (χ3n) is 5.74. The largest absolute Gasteiger partial charge is 0.376 e. The number of likely N-dealkylation sites (tertiary alicyclic amines) is 1. The SMILES string of the molecule is CC(CC(=O)N1CCC(COCc2ccccc2)C1)C1CCCNC1. The van der Waals surface area contributed by atoms with E-state index in [0.29, 0.717) is 36.7 Å². The van der Waals surface area contributed by atoms with Gasteiger partial charge in [0.25, 0.3) is 0 Å². The predicted molar refractivity (Wildman–Crippen MR) is 100 cm³/mol. The van der Waals surface area contributed by atoms with E-state index in [1.54, 1.807) is 0 Å². The van der Waals surface area contributed by atoms with Crippen molar-refractivity contribution in [3.8, 4) is 0 Å². The molecule has 2 fully saturated rings. The molecule has 2 heterocycles. The van der Waals surface area contributed by atoms with Crippen LogP contribution in [0.5, 0.6) is 0 Å². The summed E-state index contributed by atoms with van der Waals surface area (Å²) in [5.41, 5.74) is 1.21. The molecule has 0 aromatic heterocycles. The summed E-state index contributed by atoms with van der Waals surface area (Å²) in [7, 11) is 0. The first-order valence-corrected chi connectivity index (χ1v) is 9.82. The number of carbonyl (C=O) groups excluding carboxylic acids is 1. The second-order valence-electron chi connectivity index (χ2n) is 7.78. The predicted octanol–water partition coefficient (Wildman–Crippen LogP) is 3.08. The quantitative estimate of drug-likeness (QED) is 0.826. The van der Waals surface area contributed by atoms with Crippen molar-refractivity contribution < 1.29 is 9.53 Å². The summed E-state index contributed by atoms with van der Waals surface area (Å²) < 4.78 is 5.86. The first kappa shape index (κ1) is 18.4. The van der Waals surface area contributed by atoms with Crippen molar-refractivity contribution >= 4 is 5.91 Å². The molecule has 3 atom stereocenters. The zero-order chi connectivity index (χ0) is 17.5. The molecule has 1 aromatic rings. The fourth-order valence-electron chi connectivity index (χ4n) is 4.05. The van der Waals surface area contributed by atoms with Gasteiger partial charge in [-0.05, 0) is 49.8 Å². The normalized spacial score (nSPS) is 25.1. The highest BCUT2D eigenvalue weighted by molar-refractivity contribution is 5.76. The third-order valence-corrected chi connectivity index (χ3v) is 5.74. The van der Waals surface area contributed by atoms with Crippen molar-refractivity contribution in [2.24, 2.45) is 17.8 Å². The van der Waals surface area contributed by atoms with E-state index >= 15 is 0 Å². The molecule has 0 saturated carbocycles. The fourth-order valence-corrected chi connectivity index (χ4v) is 4.05. The molecule has 3 unspecified atom stereocenters. The van der Waals surface area contributed by atoms with Crippen LogP contribution in [0.4, 0.5) is 0 Å². The van der Waals surface area contributed by atoms with Crippen molar-refractivity contribution in [1.82, 2.24) is 10.2 Å². The van der Waals surface area contributed by atoms with E-state index in [0.717, 1.165) is 39.2 Å². The molecule has 2 saturated heterocycles. The van der Waals surface area contributed by atoms with E-state index in [9.17, 15) is 4.79 Å². The number of benzene rings is 1. The molecule has 1 amide bonds. The maximum atomic E-state index is 12.6. The van der Waals surface area contributed by atoms with Gasteiger partial charge >= 0.3 is 0 Å². The number of hydrogen-bond acceptors (Lipinski definition) is 3. The fraction of sp³-hybridized carbons (Fsp3) is 0.667. The van der Waals surface area contributed by atoms with E-state index in [1.807, 2.05) is 18.2 Å². The topological polar surface area (TPSA) is 41.6 Å². The van der Waals surface area contributed by atoms with Crippen LogP contribution in [0.25, 0.3) is 0 Å². The van der Waals surface area contributed by atoms with E-state index < -0.39 is 0 Å². The maximum absolute atomic E-state index is 12.6. The Morgan fingerprint density at radius 2 is 2.16 bits per heavy atom. The van der Waals surface area contributed by atoms with E-state index in [2.05, 4.69) is 29.3 Å². The number of carbonyl (C=O) groups is 1. The lowest BCUT2D eigenvalue weighted by molar-refractivity contribution is -0.131. The highest BCUT2D eigenvalue weighted by Gasteiger charge is 2.29. The second kappa shape index (κ2) is 9.35. The van der Waals surface area contributed by atoms with E-state index in [-0.39, 0.29) is 0 Å². The van der Waals surface area contributed by atoms with Crippen molar-refractivity contribution in [1.29, 1.82) is 0 Å². The first-order valence-electron chi connectivity index (χ1n) is 9.82. The number of hydrogen-bond donors (Lipinski definition) is 1. The van der Waals surface area contributed by atoms with Crippen LogP contribution in [0.15, 0.2) is 30.3 Å². The van der Waals surface area contributed by atoms with Gasteiger partial charge in [-0.15, -0.1) is 0 Å². The lowest BCUT2D eigenvalue weighted by atomic mass is 9.85. The highest BCUT2D eigenvalue weighted by Crippen LogP contribution is 2.25. The van der Waals surface area contributed by atoms with Gasteiger partial charge in [0.05, 0.1) is 13.2 Å². The van der Waals surface area contributed by atoms with Crippen molar-refractivity contribution in [3.05, 3.63) is 35.9 Å². The Hall–Kier alpha value is -1.39. The van der Waals surface area contributed by atoms with Crippen molar-refractivity contribution in [3.63, 3.8) is 0 Å². The lowest BCUT2D eigenvalue weighted by Crippen LogP contribution is -2.36. The molecule has 4 heteroatoms. The highest BCUT2D eigenvalue weighted by atomic mass is 16.5. The second-order valence-corrected chi connectivity index (χ2v) is 7.78. The Morgan fingerprint density at radius 1 is 1.32 bits per heavy atom. The molecule has 0 radical (unpaired) electrons. The lowest BCUT2D eigenvalue weighted by Gasteiger charge is -2.29. The maximum Gasteiger partial charge on any atom is 0.222 e. The summed E-state index contributed by atoms with van der Waals surface area (Å²) >= 11 is 0. The molecule has 25 heavy (non-hydrogen) atoms. The zero-order valence-corrected chi connectivity index (χ0v) is 15.5. The molecular weight excluding hydrogens is 312 g/mol. The molecule has 0 spiro atoms. The van der Waals surface area contributed by atoms with E-state index in [4.69, 9.17) is 4.74 Å². The van der Waals surface area contributed by atoms with Gasteiger partial charge in [0.2, 0.25) is 5.91 Å². The molecule has 3 rings (SSSR count). The average molecular weight is 344 g/mol. The Kier molecular flexibility index (Phi) is 6.88. The van der Waals surface area contributed by atoms with Gasteiger partial charge in [0, 0.05) is 25.4 Å². The van der Waals surface area contributed by atoms with Gasteiger partial charge in [-0.1, -0.05) is 37.3 Å². The zero-order valence-electron chi connectivity index (χ0n) is 15.5. The standard InChI is InChI=1S/C21H32N2O2/c1-17(20-8-5-10-22-13-20)12-21(24)23-11-9-19(14-23)16-25-15-18-6-3-2-4-7-18/h2-4,6-7,17,19-20,22H,5,8-16H2,1H3. The summed E-state index contributed by atoms with van der Waals surface area (Å²) in [5.74, 6) is 1.96. The van der Waals surface area contributed by atoms with Crippen LogP contribution >= 0.6 is 0 Å². The van der Waals surface area contributed by atoms with Crippen LogP contribution < -0.4 is 5.32 Å². The molecule has 0 bridgehead atoms. The molecule has 4 nitrogen and oxygen atoms in total. The van der Waals surface area contributed by atoms with Crippen LogP contribution in [-0.2, 0) is 16.1 Å². The number of nitrogens with one attached hydrogen (secondary N) is 1. The Bertz CT molecular complexity index is 528. The van der Waals surface area contributed by atoms with Gasteiger partial charge in [-0.2, -0.15) is 0 Å². The minimum absolute atomic E-state index is 0.337. The average Bonchev–Trinajstić information content (AvgIpc) is 3.12. The summed E-state index contributed by atoms with van der Waals surface area (Å²) in [4.78, 5) is 14.7. The molecule has 2 aliphatic rings. The number of nitrogens with zero attached hydrogens (tertiary/aromatic N) is 1. The number of rotatable bonds is 7. The molecule has 2 aliphatic heterocycles. The Labute approximate surface area is 151 Å². The summed E-state index contributed by atoms with van der Waals surface area (Å²) in [5, 5.41) is 3.46. The first-order chi connectivity index (χ1) is 12.2. The summed E-state index contributed by atoms with van der Waals surface area (Å²) in [6, 6.07) is 10.3. The van der Waals surface area contributed by atoms with Gasteiger partial charge in [-0.3, -0.25) is 4.79 Å². The number of ether oxygens (including phenoxy) is 1. The number of amides is 1. The third kappa shape index (κ3) is 5.55. The summed E-state index contributed by atoms with van der Waals surface area (Å²) in [6.45, 7) is 7.62. The monoisotopic (exact) mass is 344 g/mol.